The quantitative estimate of drug-likeness (QED) is 0.142. The molecule has 0 bridgehead atoms. The summed E-state index contributed by atoms with van der Waals surface area (Å²) in [6.45, 7) is 8.16. The number of thioether (sulfide) groups is 1. The van der Waals surface area contributed by atoms with Crippen LogP contribution in [0, 0.1) is 5.92 Å². The maximum atomic E-state index is 5.81. The monoisotopic (exact) mass is 521 g/mol. The van der Waals surface area contributed by atoms with Crippen LogP contribution in [0.3, 0.4) is 0 Å². The summed E-state index contributed by atoms with van der Waals surface area (Å²) in [4.78, 5) is 5.99. The Balaban J connectivity index is 0.00000392. The third kappa shape index (κ3) is 12.1. The first-order valence-electron chi connectivity index (χ1n) is 10.2. The Morgan fingerprint density at radius 2 is 1.96 bits per heavy atom. The van der Waals surface area contributed by atoms with Crippen LogP contribution >= 0.6 is 35.7 Å². The van der Waals surface area contributed by atoms with E-state index >= 15 is 0 Å². The fourth-order valence-corrected chi connectivity index (χ4v) is 3.71. The summed E-state index contributed by atoms with van der Waals surface area (Å²) in [6, 6.07) is 10.5. The number of guanidine groups is 1. The summed E-state index contributed by atoms with van der Waals surface area (Å²) in [5.74, 6) is 2.68. The maximum Gasteiger partial charge on any atom is 0.191 e. The number of hydrogen-bond acceptors (Lipinski definition) is 4. The molecule has 0 spiro atoms. The van der Waals surface area contributed by atoms with Crippen LogP contribution in [0.5, 0.6) is 0 Å². The van der Waals surface area contributed by atoms with E-state index in [1.54, 1.807) is 0 Å². The van der Waals surface area contributed by atoms with Gasteiger partial charge in [-0.1, -0.05) is 18.2 Å². The first-order valence-corrected chi connectivity index (χ1v) is 11.2. The van der Waals surface area contributed by atoms with E-state index in [0.29, 0.717) is 5.92 Å². The van der Waals surface area contributed by atoms with Crippen molar-refractivity contribution in [1.29, 1.82) is 0 Å². The van der Waals surface area contributed by atoms with Crippen LogP contribution in [-0.2, 0) is 9.47 Å². The Morgan fingerprint density at radius 3 is 2.71 bits per heavy atom. The first kappa shape index (κ1) is 25.5. The van der Waals surface area contributed by atoms with Gasteiger partial charge in [0.25, 0.3) is 0 Å². The van der Waals surface area contributed by atoms with E-state index in [1.165, 1.54) is 4.90 Å². The van der Waals surface area contributed by atoms with Gasteiger partial charge in [-0.25, -0.2) is 0 Å². The van der Waals surface area contributed by atoms with E-state index in [9.17, 15) is 0 Å². The number of ether oxygens (including phenoxy) is 2. The topological polar surface area (TPSA) is 54.9 Å². The lowest BCUT2D eigenvalue weighted by Crippen LogP contribution is -2.38. The van der Waals surface area contributed by atoms with Gasteiger partial charge in [0.05, 0.1) is 0 Å². The molecule has 7 heteroatoms. The van der Waals surface area contributed by atoms with E-state index in [1.807, 2.05) is 11.8 Å². The molecule has 0 aliphatic carbocycles. The molecule has 1 aromatic rings. The Morgan fingerprint density at radius 1 is 1.18 bits per heavy atom. The normalized spacial score (nSPS) is 15.1. The lowest BCUT2D eigenvalue weighted by molar-refractivity contribution is 0.0203. The fourth-order valence-electron chi connectivity index (χ4n) is 2.85. The van der Waals surface area contributed by atoms with Gasteiger partial charge < -0.3 is 20.1 Å². The molecule has 0 radical (unpaired) electrons. The molecule has 28 heavy (non-hydrogen) atoms. The predicted molar refractivity (Wildman–Crippen MR) is 130 cm³/mol. The third-order valence-electron chi connectivity index (χ3n) is 4.38. The molecule has 1 aliphatic heterocycles. The smallest absolute Gasteiger partial charge is 0.191 e. The molecule has 0 aromatic heterocycles. The average Bonchev–Trinajstić information content (AvgIpc) is 2.71. The fraction of sp³-hybridized carbons (Fsp3) is 0.667. The number of hydrogen-bond donors (Lipinski definition) is 2. The zero-order valence-corrected chi connectivity index (χ0v) is 20.2. The molecule has 0 saturated carbocycles. The summed E-state index contributed by atoms with van der Waals surface area (Å²) in [6.07, 6.45) is 4.35. The molecular weight excluding hydrogens is 485 g/mol. The van der Waals surface area contributed by atoms with Crippen LogP contribution in [0.15, 0.2) is 40.2 Å². The minimum Gasteiger partial charge on any atom is -0.381 e. The van der Waals surface area contributed by atoms with Crippen molar-refractivity contribution < 1.29 is 9.47 Å². The summed E-state index contributed by atoms with van der Waals surface area (Å²) >= 11 is 1.89. The number of benzene rings is 1. The van der Waals surface area contributed by atoms with Crippen LogP contribution in [-0.4, -0.2) is 57.8 Å². The predicted octanol–water partition coefficient (Wildman–Crippen LogP) is 4.18. The first-order chi connectivity index (χ1) is 13.4. The van der Waals surface area contributed by atoms with Crippen LogP contribution in [0.25, 0.3) is 0 Å². The van der Waals surface area contributed by atoms with E-state index in [0.717, 1.165) is 83.5 Å². The highest BCUT2D eigenvalue weighted by atomic mass is 127. The number of aliphatic imine (C=N–C) groups is 1. The van der Waals surface area contributed by atoms with Crippen LogP contribution in [0.2, 0.25) is 0 Å². The summed E-state index contributed by atoms with van der Waals surface area (Å²) < 4.78 is 11.2. The molecule has 2 rings (SSSR count). The van der Waals surface area contributed by atoms with Gasteiger partial charge in [-0.2, -0.15) is 0 Å². The zero-order valence-electron chi connectivity index (χ0n) is 17.0. The van der Waals surface area contributed by atoms with Crippen LogP contribution in [0.1, 0.15) is 32.6 Å². The SMILES string of the molecule is CCNC(=NCCCSc1ccccc1)NCCCOCC1CCOCC1.I. The number of nitrogens with one attached hydrogen (secondary N) is 2. The Labute approximate surface area is 191 Å². The lowest BCUT2D eigenvalue weighted by Gasteiger charge is -2.21. The Kier molecular flexibility index (Phi) is 15.8. The highest BCUT2D eigenvalue weighted by molar-refractivity contribution is 14.0. The van der Waals surface area contributed by atoms with Crippen molar-refractivity contribution >= 4 is 41.7 Å². The second kappa shape index (κ2) is 17.4. The average molecular weight is 522 g/mol. The maximum absolute atomic E-state index is 5.81. The molecule has 1 aromatic carbocycles. The van der Waals surface area contributed by atoms with Gasteiger partial charge in [-0.05, 0) is 56.4 Å². The largest absolute Gasteiger partial charge is 0.381 e. The highest BCUT2D eigenvalue weighted by Crippen LogP contribution is 2.17. The Bertz CT molecular complexity index is 514. The van der Waals surface area contributed by atoms with Crippen molar-refractivity contribution in [2.24, 2.45) is 10.9 Å². The van der Waals surface area contributed by atoms with E-state index in [4.69, 9.17) is 9.47 Å². The van der Waals surface area contributed by atoms with E-state index in [2.05, 4.69) is 52.9 Å². The van der Waals surface area contributed by atoms with Crippen molar-refractivity contribution in [1.82, 2.24) is 10.6 Å². The van der Waals surface area contributed by atoms with Gasteiger partial charge in [-0.15, -0.1) is 35.7 Å². The summed E-state index contributed by atoms with van der Waals surface area (Å²) in [5, 5.41) is 6.71. The molecule has 2 N–H and O–H groups in total. The van der Waals surface area contributed by atoms with E-state index < -0.39 is 0 Å². The van der Waals surface area contributed by atoms with Crippen molar-refractivity contribution in [3.8, 4) is 0 Å². The second-order valence-corrected chi connectivity index (χ2v) is 7.86. The van der Waals surface area contributed by atoms with Crippen molar-refractivity contribution in [3.63, 3.8) is 0 Å². The number of rotatable bonds is 12. The minimum atomic E-state index is 0. The summed E-state index contributed by atoms with van der Waals surface area (Å²) in [5.41, 5.74) is 0. The molecule has 1 saturated heterocycles. The van der Waals surface area contributed by atoms with Gasteiger partial charge in [0.15, 0.2) is 5.96 Å². The molecule has 1 fully saturated rings. The third-order valence-corrected chi connectivity index (χ3v) is 5.48. The molecule has 0 unspecified atom stereocenters. The van der Waals surface area contributed by atoms with Crippen LogP contribution in [0.4, 0.5) is 0 Å². The standard InChI is InChI=1S/C21H35N3O2S.HI/c1-2-22-21(24-13-7-17-27-20-8-4-3-5-9-20)23-12-6-14-26-18-19-10-15-25-16-11-19;/h3-5,8-9,19H,2,6-7,10-18H2,1H3,(H2,22,23,24);1H. The molecule has 0 atom stereocenters. The van der Waals surface area contributed by atoms with Gasteiger partial charge in [0.1, 0.15) is 0 Å². The molecular formula is C21H36IN3O2S. The van der Waals surface area contributed by atoms with Gasteiger partial charge in [0.2, 0.25) is 0 Å². The van der Waals surface area contributed by atoms with Crippen LogP contribution < -0.4 is 10.6 Å². The lowest BCUT2D eigenvalue weighted by atomic mass is 10.0. The molecule has 0 amide bonds. The highest BCUT2D eigenvalue weighted by Gasteiger charge is 2.13. The van der Waals surface area contributed by atoms with Crippen molar-refractivity contribution in [2.75, 3.05) is 51.8 Å². The zero-order chi connectivity index (χ0) is 19.0. The van der Waals surface area contributed by atoms with Gasteiger partial charge >= 0.3 is 0 Å². The molecule has 160 valence electrons. The Hall–Kier alpha value is -0.510. The van der Waals surface area contributed by atoms with Gasteiger partial charge in [0, 0.05) is 51.0 Å². The second-order valence-electron chi connectivity index (χ2n) is 6.69. The van der Waals surface area contributed by atoms with Crippen molar-refractivity contribution in [3.05, 3.63) is 30.3 Å². The summed E-state index contributed by atoms with van der Waals surface area (Å²) in [7, 11) is 0. The van der Waals surface area contributed by atoms with E-state index in [-0.39, 0.29) is 24.0 Å². The molecule has 1 aliphatic rings. The number of halogens is 1. The minimum absolute atomic E-state index is 0. The van der Waals surface area contributed by atoms with Gasteiger partial charge in [-0.3, -0.25) is 4.99 Å². The number of nitrogens with zero attached hydrogens (tertiary/aromatic N) is 1. The molecule has 1 heterocycles. The van der Waals surface area contributed by atoms with Crippen molar-refractivity contribution in [2.45, 2.75) is 37.5 Å². The molecule has 5 nitrogen and oxygen atoms in total.